The van der Waals surface area contributed by atoms with Gasteiger partial charge in [0.2, 0.25) is 0 Å². The van der Waals surface area contributed by atoms with Gasteiger partial charge >= 0.3 is 257 Å². The van der Waals surface area contributed by atoms with Crippen molar-refractivity contribution in [2.24, 2.45) is 0 Å². The van der Waals surface area contributed by atoms with E-state index in [1.165, 1.54) is 0 Å². The van der Waals surface area contributed by atoms with E-state index >= 15 is 0 Å². The average molecular weight is 1210 g/mol. The molecule has 0 amide bonds. The summed E-state index contributed by atoms with van der Waals surface area (Å²) in [5.41, 5.74) is -1.25. The molecular weight excluding hydrogens is 1120 g/mol. The molecule has 6 rings (SSSR count). The molecule has 22 nitrogen and oxygen atoms in total. The van der Waals surface area contributed by atoms with Crippen LogP contribution in [0.4, 0.5) is 0 Å². The molecule has 27 heteroatoms. The summed E-state index contributed by atoms with van der Waals surface area (Å²) >= 11 is 0. The number of furan rings is 6. The van der Waals surface area contributed by atoms with Crippen LogP contribution in [0.1, 0.15) is 142 Å². The maximum atomic E-state index is 10.1. The van der Waals surface area contributed by atoms with Crippen LogP contribution in [-0.4, -0.2) is 73.2 Å². The topological polar surface area (TPSA) is 435 Å². The fraction of sp³-hybridized carbons (Fsp3) is 0.500. The van der Waals surface area contributed by atoms with Crippen molar-refractivity contribution in [3.8, 4) is 0 Å². The Morgan fingerprint density at radius 3 is 0.467 bits per heavy atom. The molecule has 0 aliphatic rings. The van der Waals surface area contributed by atoms with Crippen molar-refractivity contribution in [3.63, 3.8) is 0 Å². The number of aliphatic hydroxyl groups excluding tert-OH is 9. The van der Waals surface area contributed by atoms with Crippen molar-refractivity contribution in [2.75, 3.05) is 0 Å². The van der Waals surface area contributed by atoms with Crippen LogP contribution in [0, 0.1) is 0 Å². The Labute approximate surface area is 657 Å². The molecule has 0 saturated heterocycles. The molecule has 0 atom stereocenters. The van der Waals surface area contributed by atoms with Crippen molar-refractivity contribution >= 4 is 0 Å². The molecule has 6 aromatic heterocycles. The molecule has 0 aliphatic carbocycles. The minimum Gasteiger partial charge on any atom is -0.870 e. The second kappa shape index (κ2) is 68.0. The zero-order valence-electron chi connectivity index (χ0n) is 42.9. The van der Waals surface area contributed by atoms with E-state index in [9.17, 15) is 20.4 Å². The van der Waals surface area contributed by atoms with Gasteiger partial charge in [-0.3, -0.25) is 0 Å². The van der Waals surface area contributed by atoms with Gasteiger partial charge in [0.25, 0.3) is 0 Å². The fourth-order valence-electron chi connectivity index (χ4n) is 3.53. The van der Waals surface area contributed by atoms with E-state index in [1.807, 2.05) is 0 Å². The van der Waals surface area contributed by atoms with E-state index in [-0.39, 0.29) is 378 Å². The first-order valence-electron chi connectivity index (χ1n) is 19.3. The first kappa shape index (κ1) is 110. The maximum absolute atomic E-state index is 10.1. The van der Waals surface area contributed by atoms with Gasteiger partial charge in [-0.25, -0.2) is 0 Å². The van der Waals surface area contributed by atoms with E-state index < -0.39 is 11.2 Å². The van der Waals surface area contributed by atoms with Gasteiger partial charge in [0, 0.05) is 1.43 Å². The van der Waals surface area contributed by atoms with Crippen LogP contribution in [0.15, 0.2) is 99.3 Å². The standard InChI is InChI=1S/3C6H8O3.3C6H7O3.C4H10O.C4H9O.4CH4.5K.2H2O.H2/c6*7-3-5-1-2-6(4-8)9-5;2*1-4(2,3)5;;;;;;;;;;;;/h3*1-2,7-8H,3-4H2;3*1-2,7H,3-4H2;5H,1-3H3;1-3H3;4*1H4;;;;;;2*1H2;1H/q;;;3*-1;;-1;;;;;5*+1;;;/p-1. The Bertz CT molecular complexity index is 1510. The van der Waals surface area contributed by atoms with Gasteiger partial charge in [-0.1, -0.05) is 70.3 Å². The van der Waals surface area contributed by atoms with Crippen LogP contribution in [0.25, 0.3) is 0 Å². The summed E-state index contributed by atoms with van der Waals surface area (Å²) in [6.45, 7) is 7.96. The summed E-state index contributed by atoms with van der Waals surface area (Å²) in [5, 5.41) is 125. The zero-order valence-corrected chi connectivity index (χ0v) is 58.5. The van der Waals surface area contributed by atoms with Crippen molar-refractivity contribution in [1.29, 1.82) is 0 Å². The summed E-state index contributed by atoms with van der Waals surface area (Å²) in [6, 6.07) is 19.3. The summed E-state index contributed by atoms with van der Waals surface area (Å²) in [7, 11) is 0. The predicted molar refractivity (Wildman–Crippen MR) is 253 cm³/mol. The first-order valence-corrected chi connectivity index (χ1v) is 19.3. The Hall–Kier alpha value is 3.22. The molecule has 75 heavy (non-hydrogen) atoms. The monoisotopic (exact) mass is 1210 g/mol. The quantitative estimate of drug-likeness (QED) is 0.0509. The van der Waals surface area contributed by atoms with Crippen molar-refractivity contribution in [2.45, 2.75) is 162 Å². The van der Waals surface area contributed by atoms with E-state index in [4.69, 9.17) is 77.6 Å². The number of rotatable bonds is 12. The average Bonchev–Trinajstić information content (AvgIpc) is 4.14. The smallest absolute Gasteiger partial charge is 0.870 e. The van der Waals surface area contributed by atoms with Crippen LogP contribution in [0.3, 0.4) is 0 Å². The Kier molecular flexibility index (Phi) is 99.4. The third-order valence-electron chi connectivity index (χ3n) is 6.13. The second-order valence-corrected chi connectivity index (χ2v) is 14.3. The van der Waals surface area contributed by atoms with Crippen molar-refractivity contribution in [3.05, 3.63) is 142 Å². The van der Waals surface area contributed by atoms with E-state index in [1.54, 1.807) is 114 Å². The molecule has 0 aliphatic heterocycles. The number of hydrogen-bond acceptors (Lipinski definition) is 21. The molecule has 6 heterocycles. The van der Waals surface area contributed by atoms with Gasteiger partial charge in [-0.15, -0.1) is 5.60 Å². The number of hydrogen-bond donors (Lipinski definition) is 10. The van der Waals surface area contributed by atoms with Gasteiger partial charge in [0.15, 0.2) is 0 Å². The van der Waals surface area contributed by atoms with Gasteiger partial charge in [-0.05, 0) is 93.6 Å². The molecule has 0 bridgehead atoms. The molecule has 0 saturated carbocycles. The normalized spacial score (nSPS) is 8.80. The molecule has 13 N–H and O–H groups in total. The van der Waals surface area contributed by atoms with Crippen LogP contribution >= 0.6 is 0 Å². The van der Waals surface area contributed by atoms with Crippen LogP contribution < -0.4 is 277 Å². The molecular formula is C48H85K5O22. The van der Waals surface area contributed by atoms with E-state index in [0.717, 1.165) is 0 Å². The van der Waals surface area contributed by atoms with Crippen LogP contribution in [0.2, 0.25) is 0 Å². The van der Waals surface area contributed by atoms with Crippen LogP contribution in [-0.2, 0) is 79.3 Å². The Balaban J connectivity index is -0.0000000475. The molecule has 6 aromatic rings. The Morgan fingerprint density at radius 1 is 0.333 bits per heavy atom. The second-order valence-electron chi connectivity index (χ2n) is 14.3. The van der Waals surface area contributed by atoms with Crippen molar-refractivity contribution < 1.29 is 367 Å². The molecule has 0 radical (unpaired) electrons. The van der Waals surface area contributed by atoms with Gasteiger partial charge < -0.3 is 109 Å². The summed E-state index contributed by atoms with van der Waals surface area (Å²) in [4.78, 5) is 0. The SMILES string of the molecule is C.C.C.C.CC(C)(C)O.CC(C)(C)[O-].O.OCc1ccc(CO)o1.OCc1ccc(CO)o1.OCc1ccc(CO)o1.[HH].[K+].[K+].[K+].[K+].[K+].[O-]Cc1ccc(CO)o1.[O-]Cc1ccc(CO)o1.[O-]Cc1ccc(CO)o1.[OH-]. The van der Waals surface area contributed by atoms with Crippen molar-refractivity contribution in [1.82, 2.24) is 0 Å². The molecule has 0 fully saturated rings. The molecule has 0 unspecified atom stereocenters. The van der Waals surface area contributed by atoms with Gasteiger partial charge in [0.05, 0.1) is 22.9 Å². The summed E-state index contributed by atoms with van der Waals surface area (Å²) in [5.74, 6) is 5.37. The first-order chi connectivity index (χ1) is 30.2. The minimum absolute atomic E-state index is 0. The third kappa shape index (κ3) is 66.2. The summed E-state index contributed by atoms with van der Waals surface area (Å²) in [6.07, 6.45) is 0. The maximum Gasteiger partial charge on any atom is 1.00 e. The predicted octanol–water partition coefficient (Wildman–Crippen LogP) is -12.6. The minimum atomic E-state index is -0.750. The van der Waals surface area contributed by atoms with Gasteiger partial charge in [0.1, 0.15) is 111 Å². The zero-order chi connectivity index (χ0) is 49.1. The largest absolute Gasteiger partial charge is 1.00 e. The molecule has 0 spiro atoms. The summed E-state index contributed by atoms with van der Waals surface area (Å²) < 4.78 is 29.1. The molecule has 0 aromatic carbocycles. The molecule has 414 valence electrons. The van der Waals surface area contributed by atoms with Gasteiger partial charge in [-0.2, -0.15) is 0 Å². The van der Waals surface area contributed by atoms with Crippen LogP contribution in [0.5, 0.6) is 0 Å². The number of aliphatic hydroxyl groups is 10. The van der Waals surface area contributed by atoms with E-state index in [0.29, 0.717) is 69.1 Å². The third-order valence-corrected chi connectivity index (χ3v) is 6.13. The van der Waals surface area contributed by atoms with E-state index in [2.05, 4.69) is 0 Å². The fourth-order valence-corrected chi connectivity index (χ4v) is 3.53. The Morgan fingerprint density at radius 2 is 0.413 bits per heavy atom.